The molecule has 2 unspecified atom stereocenters. The summed E-state index contributed by atoms with van der Waals surface area (Å²) < 4.78 is 15.3. The number of aromatic hydroxyl groups is 1. The number of fused-ring (bicyclic) bond motifs is 3. The van der Waals surface area contributed by atoms with E-state index in [2.05, 4.69) is 5.32 Å². The van der Waals surface area contributed by atoms with Gasteiger partial charge in [0.25, 0.3) is 0 Å². The van der Waals surface area contributed by atoms with Crippen molar-refractivity contribution in [2.75, 3.05) is 39.0 Å². The Morgan fingerprint density at radius 1 is 1.23 bits per heavy atom. The van der Waals surface area contributed by atoms with Gasteiger partial charge in [0.1, 0.15) is 22.9 Å². The Hall–Kier alpha value is -3.61. The lowest BCUT2D eigenvalue weighted by Crippen LogP contribution is -2.63. The number of aliphatic hydroxyl groups is 3. The second-order valence-electron chi connectivity index (χ2n) is 10.9. The first kappa shape index (κ1) is 27.0. The lowest BCUT2D eigenvalue weighted by Gasteiger charge is -2.50. The van der Waals surface area contributed by atoms with Gasteiger partial charge in [0.15, 0.2) is 23.4 Å². The number of nitrogens with one attached hydrogen (secondary N) is 1. The van der Waals surface area contributed by atoms with Crippen LogP contribution in [0.4, 0.5) is 10.1 Å². The summed E-state index contributed by atoms with van der Waals surface area (Å²) in [4.78, 5) is 54.4. The lowest BCUT2D eigenvalue weighted by molar-refractivity contribution is -0.147. The van der Waals surface area contributed by atoms with Crippen LogP contribution in [-0.4, -0.2) is 99.4 Å². The number of aliphatic hydroxyl groups excluding tert-OH is 2. The number of phenolic OH excluding ortho intramolecular Hbond substituents is 1. The Morgan fingerprint density at radius 3 is 2.51 bits per heavy atom. The van der Waals surface area contributed by atoms with Gasteiger partial charge in [0, 0.05) is 23.1 Å². The number of hydrogen-bond donors (Lipinski definition) is 5. The van der Waals surface area contributed by atoms with E-state index in [9.17, 15) is 39.6 Å². The highest BCUT2D eigenvalue weighted by atomic mass is 19.1. The van der Waals surface area contributed by atoms with Crippen LogP contribution in [0.5, 0.6) is 5.75 Å². The van der Waals surface area contributed by atoms with Crippen molar-refractivity contribution in [2.45, 2.75) is 37.3 Å². The molecule has 1 heterocycles. The van der Waals surface area contributed by atoms with Gasteiger partial charge in [-0.3, -0.25) is 29.0 Å². The van der Waals surface area contributed by atoms with E-state index < -0.39 is 75.2 Å². The largest absolute Gasteiger partial charge is 0.510 e. The van der Waals surface area contributed by atoms with Crippen LogP contribution >= 0.6 is 0 Å². The van der Waals surface area contributed by atoms with Gasteiger partial charge in [-0.25, -0.2) is 4.39 Å². The third-order valence-electron chi connectivity index (χ3n) is 8.42. The number of aldehydes is 1. The standard InChI is InChI=1S/C27H30FN3O8/c1-30(2)21-15-8-12-7-13-16(28)9-17(29-18(33)10-31-5-3-4-6-31)23(35)20(13)24(36)19(12)26(38)27(15,39)25(37)14(11-32)22(21)34/h9,11-12,15,21,34-35,38-39H,3-8,10H2,1-2H3,(H,29,33)/t12?,15-,21?,27+/m0/s1. The molecule has 1 amide bonds. The molecule has 12 heteroatoms. The molecule has 1 saturated heterocycles. The third-order valence-corrected chi connectivity index (χ3v) is 8.42. The van der Waals surface area contributed by atoms with Crippen molar-refractivity contribution in [1.82, 2.24) is 9.80 Å². The molecule has 0 spiro atoms. The van der Waals surface area contributed by atoms with E-state index >= 15 is 4.39 Å². The summed E-state index contributed by atoms with van der Waals surface area (Å²) >= 11 is 0. The van der Waals surface area contributed by atoms with Crippen LogP contribution in [-0.2, 0) is 20.8 Å². The van der Waals surface area contributed by atoms with Crippen LogP contribution in [0.1, 0.15) is 35.2 Å². The minimum Gasteiger partial charge on any atom is -0.510 e. The maximum absolute atomic E-state index is 15.3. The van der Waals surface area contributed by atoms with Crippen molar-refractivity contribution in [3.63, 3.8) is 0 Å². The van der Waals surface area contributed by atoms with Gasteiger partial charge in [-0.2, -0.15) is 0 Å². The van der Waals surface area contributed by atoms with Crippen molar-refractivity contribution in [3.8, 4) is 5.75 Å². The molecule has 1 aromatic carbocycles. The van der Waals surface area contributed by atoms with Crippen molar-refractivity contribution in [3.05, 3.63) is 45.7 Å². The maximum atomic E-state index is 15.3. The van der Waals surface area contributed by atoms with Gasteiger partial charge in [-0.1, -0.05) is 0 Å². The summed E-state index contributed by atoms with van der Waals surface area (Å²) in [6.07, 6.45) is 1.72. The molecule has 0 radical (unpaired) electrons. The number of carbonyl (C=O) groups is 4. The topological polar surface area (TPSA) is 168 Å². The van der Waals surface area contributed by atoms with Crippen LogP contribution in [0.25, 0.3) is 0 Å². The van der Waals surface area contributed by atoms with Crippen molar-refractivity contribution in [2.24, 2.45) is 11.8 Å². The molecule has 1 fully saturated rings. The van der Waals surface area contributed by atoms with Gasteiger partial charge in [-0.15, -0.1) is 0 Å². The average molecular weight is 544 g/mol. The molecule has 1 aromatic rings. The van der Waals surface area contributed by atoms with E-state index in [1.807, 2.05) is 4.90 Å². The Kier molecular flexibility index (Phi) is 6.60. The van der Waals surface area contributed by atoms with Crippen molar-refractivity contribution >= 4 is 29.4 Å². The van der Waals surface area contributed by atoms with Crippen LogP contribution in [0.15, 0.2) is 28.7 Å². The number of phenols is 1. The zero-order valence-corrected chi connectivity index (χ0v) is 21.5. The first-order valence-electron chi connectivity index (χ1n) is 12.8. The van der Waals surface area contributed by atoms with E-state index in [1.165, 1.54) is 4.90 Å². The second kappa shape index (κ2) is 9.54. The molecule has 0 bridgehead atoms. The first-order valence-corrected chi connectivity index (χ1v) is 12.8. The summed E-state index contributed by atoms with van der Waals surface area (Å²) in [7, 11) is 3.10. The van der Waals surface area contributed by atoms with Crippen molar-refractivity contribution < 1.29 is 44.0 Å². The van der Waals surface area contributed by atoms with E-state index in [0.717, 1.165) is 32.0 Å². The molecule has 0 aromatic heterocycles. The molecule has 5 rings (SSSR count). The fourth-order valence-corrected chi connectivity index (χ4v) is 6.60. The minimum atomic E-state index is -2.70. The molecule has 5 N–H and O–H groups in total. The molecular formula is C27H30FN3O8. The van der Waals surface area contributed by atoms with E-state index in [-0.39, 0.29) is 42.5 Å². The number of hydrogen-bond acceptors (Lipinski definition) is 10. The summed E-state index contributed by atoms with van der Waals surface area (Å²) in [5, 5.41) is 46.9. The number of benzene rings is 1. The summed E-state index contributed by atoms with van der Waals surface area (Å²) in [5.74, 6) is -7.86. The zero-order valence-electron chi connectivity index (χ0n) is 21.5. The fourth-order valence-electron chi connectivity index (χ4n) is 6.60. The average Bonchev–Trinajstić information content (AvgIpc) is 3.37. The van der Waals surface area contributed by atoms with Crippen molar-refractivity contribution in [1.29, 1.82) is 0 Å². The van der Waals surface area contributed by atoms with Gasteiger partial charge in [0.2, 0.25) is 11.7 Å². The number of ketones is 2. The van der Waals surface area contributed by atoms with Crippen LogP contribution in [0.3, 0.4) is 0 Å². The third kappa shape index (κ3) is 3.97. The SMILES string of the molecule is CN(C)C1C(O)=C(C=O)C(=O)[C@@]2(O)C(O)=C3C(=O)c4c(O)c(NC(=O)CN5CCCC5)cc(F)c4CC3C[C@@H]12. The quantitative estimate of drug-likeness (QED) is 0.205. The van der Waals surface area contributed by atoms with Gasteiger partial charge in [-0.05, 0) is 58.8 Å². The van der Waals surface area contributed by atoms with Crippen LogP contribution in [0.2, 0.25) is 0 Å². The van der Waals surface area contributed by atoms with Gasteiger partial charge in [0.05, 0.1) is 23.8 Å². The Bertz CT molecular complexity index is 1360. The predicted molar refractivity (Wildman–Crippen MR) is 135 cm³/mol. The number of Topliss-reactive ketones (excluding diaryl/α,β-unsaturated/α-hetero) is 2. The maximum Gasteiger partial charge on any atom is 0.238 e. The van der Waals surface area contributed by atoms with Gasteiger partial charge < -0.3 is 25.7 Å². The zero-order chi connectivity index (χ0) is 28.4. The van der Waals surface area contributed by atoms with Gasteiger partial charge >= 0.3 is 0 Å². The number of halogens is 1. The highest BCUT2D eigenvalue weighted by Gasteiger charge is 2.62. The Balaban J connectivity index is 1.57. The Labute approximate surface area is 223 Å². The molecule has 1 aliphatic heterocycles. The summed E-state index contributed by atoms with van der Waals surface area (Å²) in [5.41, 5.74) is -4.72. The Morgan fingerprint density at radius 2 is 1.90 bits per heavy atom. The summed E-state index contributed by atoms with van der Waals surface area (Å²) in [6.45, 7) is 1.51. The number of rotatable bonds is 5. The number of likely N-dealkylation sites (tertiary alicyclic amines) is 1. The monoisotopic (exact) mass is 543 g/mol. The number of amides is 1. The highest BCUT2D eigenvalue weighted by molar-refractivity contribution is 6.20. The lowest BCUT2D eigenvalue weighted by atomic mass is 9.58. The number of nitrogens with zero attached hydrogens (tertiary/aromatic N) is 2. The predicted octanol–water partition coefficient (Wildman–Crippen LogP) is 1.01. The van der Waals surface area contributed by atoms with E-state index in [1.54, 1.807) is 14.1 Å². The summed E-state index contributed by atoms with van der Waals surface area (Å²) in [6, 6.07) is -0.117. The molecule has 0 saturated carbocycles. The molecule has 39 heavy (non-hydrogen) atoms. The van der Waals surface area contributed by atoms with E-state index in [0.29, 0.717) is 0 Å². The number of likely N-dealkylation sites (N-methyl/N-ethyl adjacent to an activating group) is 1. The molecule has 4 atom stereocenters. The highest BCUT2D eigenvalue weighted by Crippen LogP contribution is 2.52. The molecular weight excluding hydrogens is 513 g/mol. The molecule has 208 valence electrons. The fraction of sp³-hybridized carbons (Fsp3) is 0.481. The number of anilines is 1. The van der Waals surface area contributed by atoms with Crippen LogP contribution in [0, 0.1) is 17.7 Å². The normalized spacial score (nSPS) is 28.9. The molecule has 11 nitrogen and oxygen atoms in total. The van der Waals surface area contributed by atoms with E-state index in [4.69, 9.17) is 0 Å². The number of carbonyl (C=O) groups excluding carboxylic acids is 4. The smallest absolute Gasteiger partial charge is 0.238 e. The molecule has 3 aliphatic carbocycles. The van der Waals surface area contributed by atoms with Crippen LogP contribution < -0.4 is 5.32 Å². The number of allylic oxidation sites excluding steroid dienone is 1. The molecule has 4 aliphatic rings. The first-order chi connectivity index (χ1) is 18.4. The minimum absolute atomic E-state index is 0.0309. The second-order valence-corrected chi connectivity index (χ2v) is 10.9.